The van der Waals surface area contributed by atoms with Gasteiger partial charge in [-0.2, -0.15) is 0 Å². The van der Waals surface area contributed by atoms with Crippen LogP contribution in [0.2, 0.25) is 0 Å². The molecule has 3 heteroatoms. The quantitative estimate of drug-likeness (QED) is 0.210. The van der Waals surface area contributed by atoms with Gasteiger partial charge in [0.25, 0.3) is 0 Å². The van der Waals surface area contributed by atoms with Gasteiger partial charge in [0.05, 0.1) is 15.1 Å². The van der Waals surface area contributed by atoms with Gasteiger partial charge in [0.15, 0.2) is 0 Å². The maximum Gasteiger partial charge on any atom is 0.136 e. The van der Waals surface area contributed by atoms with E-state index in [9.17, 15) is 5.48 Å². The highest BCUT2D eigenvalue weighted by Gasteiger charge is 2.17. The number of nitrogens with zero attached hydrogens (tertiary/aromatic N) is 1. The fraction of sp³-hybridized carbons (Fsp3) is 0. The largest absolute Gasteiger partial charge is 0.456 e. The van der Waals surface area contributed by atoms with E-state index in [1.807, 2.05) is 36.4 Å². The van der Waals surface area contributed by atoms with E-state index in [0.29, 0.717) is 22.5 Å². The van der Waals surface area contributed by atoms with Crippen molar-refractivity contribution in [2.75, 3.05) is 4.90 Å². The van der Waals surface area contributed by atoms with Crippen LogP contribution in [0.1, 0.15) is 15.1 Å². The fourth-order valence-electron chi connectivity index (χ4n) is 5.42. The molecule has 2 heterocycles. The molecule has 0 aliphatic rings. The summed E-state index contributed by atoms with van der Waals surface area (Å²) in [4.78, 5) is 1.65. The van der Waals surface area contributed by atoms with Crippen molar-refractivity contribution in [2.24, 2.45) is 0 Å². The molecule has 0 amide bonds. The van der Waals surface area contributed by atoms with Gasteiger partial charge in [-0.3, -0.25) is 0 Å². The lowest BCUT2D eigenvalue weighted by atomic mass is 9.99. The molecule has 0 radical (unpaired) electrons. The zero-order chi connectivity index (χ0) is 36.5. The first kappa shape index (κ1) is 14.2. The Morgan fingerprint density at radius 2 is 1.20 bits per heavy atom. The van der Waals surface area contributed by atoms with E-state index < -0.39 is 60.4 Å². The Morgan fingerprint density at radius 1 is 0.439 bits per heavy atom. The van der Waals surface area contributed by atoms with Gasteiger partial charge in [-0.1, -0.05) is 72.7 Å². The second-order valence-electron chi connectivity index (χ2n) is 9.68. The zero-order valence-electron chi connectivity index (χ0n) is 32.2. The summed E-state index contributed by atoms with van der Waals surface area (Å²) in [5, 5.41) is 0.720. The third-order valence-electron chi connectivity index (χ3n) is 7.29. The molecular weight excluding hydrogens is 502 g/mol. The second-order valence-corrected chi connectivity index (χ2v) is 9.68. The second kappa shape index (κ2) is 8.48. The van der Waals surface area contributed by atoms with Gasteiger partial charge < -0.3 is 13.7 Å². The lowest BCUT2D eigenvalue weighted by Crippen LogP contribution is -2.09. The van der Waals surface area contributed by atoms with Crippen LogP contribution in [-0.4, -0.2) is 0 Å². The third kappa shape index (κ3) is 3.39. The summed E-state index contributed by atoms with van der Waals surface area (Å²) >= 11 is 0. The molecule has 0 N–H and O–H groups in total. The Bertz CT molecular complexity index is 3050. The highest BCUT2D eigenvalue weighted by atomic mass is 16.3. The van der Waals surface area contributed by atoms with Crippen molar-refractivity contribution in [3.8, 4) is 0 Å². The molecular formula is C38H23NO2. The van der Waals surface area contributed by atoms with E-state index in [1.54, 1.807) is 41.3 Å². The van der Waals surface area contributed by atoms with E-state index in [4.69, 9.17) is 18.4 Å². The Hall–Kier alpha value is -5.54. The Morgan fingerprint density at radius 3 is 2.15 bits per heavy atom. The van der Waals surface area contributed by atoms with Gasteiger partial charge in [-0.05, 0) is 88.2 Å². The van der Waals surface area contributed by atoms with Gasteiger partial charge in [0.2, 0.25) is 0 Å². The lowest BCUT2D eigenvalue weighted by molar-refractivity contribution is 0.668. The van der Waals surface area contributed by atoms with Crippen LogP contribution in [0.4, 0.5) is 17.1 Å². The molecule has 0 aliphatic carbocycles. The number of hydrogen-bond donors (Lipinski definition) is 0. The van der Waals surface area contributed by atoms with Gasteiger partial charge >= 0.3 is 0 Å². The number of anilines is 3. The Labute approximate surface area is 250 Å². The number of benzene rings is 7. The predicted octanol–water partition coefficient (Wildman–Crippen LogP) is 11.3. The number of furan rings is 2. The highest BCUT2D eigenvalue weighted by Crippen LogP contribution is 2.41. The average molecular weight is 537 g/mol. The minimum absolute atomic E-state index is 0.0423. The highest BCUT2D eigenvalue weighted by molar-refractivity contribution is 6.17. The Kier molecular flexibility index (Phi) is 2.94. The molecule has 0 atom stereocenters. The van der Waals surface area contributed by atoms with Crippen LogP contribution >= 0.6 is 0 Å². The van der Waals surface area contributed by atoms with Crippen molar-refractivity contribution >= 4 is 82.5 Å². The van der Waals surface area contributed by atoms with Crippen LogP contribution in [0.25, 0.3) is 65.4 Å². The first-order valence-electron chi connectivity index (χ1n) is 18.5. The van der Waals surface area contributed by atoms with Crippen molar-refractivity contribution < 1.29 is 23.9 Å². The molecule has 0 unspecified atom stereocenters. The number of rotatable bonds is 3. The van der Waals surface area contributed by atoms with E-state index in [1.165, 1.54) is 0 Å². The van der Waals surface area contributed by atoms with Crippen molar-refractivity contribution in [2.45, 2.75) is 0 Å². The van der Waals surface area contributed by atoms with Gasteiger partial charge in [0.1, 0.15) is 22.3 Å². The molecule has 3 nitrogen and oxygen atoms in total. The molecule has 0 aliphatic heterocycles. The van der Waals surface area contributed by atoms with Crippen molar-refractivity contribution in [1.82, 2.24) is 0 Å². The molecule has 41 heavy (non-hydrogen) atoms. The minimum atomic E-state index is -0.560. The first-order chi connectivity index (χ1) is 24.9. The summed E-state index contributed by atoms with van der Waals surface area (Å²) in [5.74, 6) is 0. The van der Waals surface area contributed by atoms with Crippen molar-refractivity contribution in [3.05, 3.63) is 139 Å². The van der Waals surface area contributed by atoms with E-state index >= 15 is 0 Å². The van der Waals surface area contributed by atoms with Crippen LogP contribution in [0.15, 0.2) is 148 Å². The van der Waals surface area contributed by atoms with Crippen LogP contribution < -0.4 is 4.90 Å². The molecule has 7 aromatic carbocycles. The molecule has 0 fully saturated rings. The maximum absolute atomic E-state index is 9.76. The fourth-order valence-corrected chi connectivity index (χ4v) is 5.42. The Balaban J connectivity index is 1.46. The summed E-state index contributed by atoms with van der Waals surface area (Å²) in [6.45, 7) is 0. The minimum Gasteiger partial charge on any atom is -0.456 e. The van der Waals surface area contributed by atoms with Crippen molar-refractivity contribution in [3.63, 3.8) is 0 Å². The molecule has 9 aromatic rings. The van der Waals surface area contributed by atoms with E-state index in [2.05, 4.69) is 0 Å². The van der Waals surface area contributed by atoms with Crippen LogP contribution in [0, 0.1) is 0 Å². The summed E-state index contributed by atoms with van der Waals surface area (Å²) in [6.07, 6.45) is 0. The number of para-hydroxylation sites is 3. The molecule has 0 saturated carbocycles. The van der Waals surface area contributed by atoms with E-state index in [0.717, 1.165) is 10.8 Å². The van der Waals surface area contributed by atoms with Gasteiger partial charge in [-0.25, -0.2) is 0 Å². The lowest BCUT2D eigenvalue weighted by Gasteiger charge is -2.26. The molecule has 0 bridgehead atoms. The zero-order valence-corrected chi connectivity index (χ0v) is 21.2. The monoisotopic (exact) mass is 536 g/mol. The maximum atomic E-state index is 9.76. The molecule has 2 aromatic heterocycles. The topological polar surface area (TPSA) is 29.5 Å². The molecule has 0 saturated heterocycles. The van der Waals surface area contributed by atoms with E-state index in [-0.39, 0.29) is 55.2 Å². The summed E-state index contributed by atoms with van der Waals surface area (Å²) < 4.78 is 110. The normalized spacial score (nSPS) is 15.7. The molecule has 9 rings (SSSR count). The van der Waals surface area contributed by atoms with Crippen LogP contribution in [-0.2, 0) is 0 Å². The summed E-state index contributed by atoms with van der Waals surface area (Å²) in [6, 6.07) is 16.9. The average Bonchev–Trinajstić information content (AvgIpc) is 3.74. The van der Waals surface area contributed by atoms with Gasteiger partial charge in [0, 0.05) is 38.6 Å². The van der Waals surface area contributed by atoms with Crippen LogP contribution in [0.3, 0.4) is 0 Å². The number of fused-ring (bicyclic) bond motifs is 9. The first-order valence-corrected chi connectivity index (χ1v) is 13.0. The smallest absolute Gasteiger partial charge is 0.136 e. The molecule has 192 valence electrons. The predicted molar refractivity (Wildman–Crippen MR) is 171 cm³/mol. The third-order valence-corrected chi connectivity index (χ3v) is 7.29. The summed E-state index contributed by atoms with van der Waals surface area (Å²) in [7, 11) is 0. The summed E-state index contributed by atoms with van der Waals surface area (Å²) in [5.41, 5.74) is 1.82. The SMILES string of the molecule is [2H]c1c([2H])c([2H])c2c(oc3c([2H])c4c([2H])c([2H])c5c([2H])c([2H])c(N(c6ccccc6)c6ccc7oc8ccccc8c7c6)c([2H])c5c4c([2H])c32)c1[2H]. The van der Waals surface area contributed by atoms with Crippen molar-refractivity contribution in [1.29, 1.82) is 0 Å². The van der Waals surface area contributed by atoms with Gasteiger partial charge in [-0.15, -0.1) is 0 Å². The standard InChI is InChI=1S/C38H23NO2/c1-2-8-26(9-3-1)39(28-18-19-37-33(22-28)29-10-4-6-12-35(29)40-37)27-17-16-24-14-15-25-20-38-34(23-32(25)31(24)21-27)30-11-5-7-13-36(30)41-38/h1-23H/i5D,7D,11D,13D,14D,15D,16D,17D,20D,21D,23D. The number of hydrogen-bond acceptors (Lipinski definition) is 3. The molecule has 0 spiro atoms. The van der Waals surface area contributed by atoms with Crippen LogP contribution in [0.5, 0.6) is 0 Å².